The summed E-state index contributed by atoms with van der Waals surface area (Å²) in [6.07, 6.45) is 0. The van der Waals surface area contributed by atoms with Crippen LogP contribution in [0.5, 0.6) is 17.2 Å². The number of hydrogen-bond acceptors (Lipinski definition) is 3. The van der Waals surface area contributed by atoms with Crippen molar-refractivity contribution >= 4 is 11.6 Å². The third-order valence-corrected chi connectivity index (χ3v) is 2.96. The van der Waals surface area contributed by atoms with Crippen LogP contribution in [0.1, 0.15) is 0 Å². The van der Waals surface area contributed by atoms with Gasteiger partial charge in [-0.1, -0.05) is 29.8 Å². The molecule has 0 aromatic heterocycles. The maximum atomic E-state index is 9.43. The summed E-state index contributed by atoms with van der Waals surface area (Å²) < 4.78 is 10.6. The fourth-order valence-electron chi connectivity index (χ4n) is 1.79. The minimum Gasteiger partial charge on any atom is -0.506 e. The smallest absolute Gasteiger partial charge is 0.168 e. The topological polar surface area (TPSA) is 38.7 Å². The zero-order valence-corrected chi connectivity index (χ0v) is 10.9. The normalized spacial score (nSPS) is 10.2. The second kappa shape index (κ2) is 5.19. The fourth-order valence-corrected chi connectivity index (χ4v) is 1.97. The van der Waals surface area contributed by atoms with Crippen molar-refractivity contribution in [3.8, 4) is 28.4 Å². The number of para-hydroxylation sites is 1. The molecule has 0 saturated heterocycles. The molecule has 0 amide bonds. The predicted molar refractivity (Wildman–Crippen MR) is 71.7 cm³/mol. The molecule has 0 atom stereocenters. The van der Waals surface area contributed by atoms with E-state index >= 15 is 0 Å². The molecular weight excluding hydrogens is 252 g/mol. The summed E-state index contributed by atoms with van der Waals surface area (Å²) in [5.41, 5.74) is 1.72. The summed E-state index contributed by atoms with van der Waals surface area (Å²) >= 11 is 5.91. The van der Waals surface area contributed by atoms with Gasteiger partial charge in [0.15, 0.2) is 11.5 Å². The van der Waals surface area contributed by atoms with E-state index in [-0.39, 0.29) is 5.75 Å². The van der Waals surface area contributed by atoms with Crippen LogP contribution in [0.3, 0.4) is 0 Å². The van der Waals surface area contributed by atoms with E-state index in [2.05, 4.69) is 0 Å². The minimum atomic E-state index is 0.0577. The van der Waals surface area contributed by atoms with Crippen molar-refractivity contribution in [2.24, 2.45) is 0 Å². The summed E-state index contributed by atoms with van der Waals surface area (Å²) in [5, 5.41) is 9.73. The van der Waals surface area contributed by atoms with Crippen LogP contribution in [0, 0.1) is 0 Å². The van der Waals surface area contributed by atoms with Crippen LogP contribution in [0.25, 0.3) is 11.1 Å². The van der Waals surface area contributed by atoms with Crippen molar-refractivity contribution in [3.63, 3.8) is 0 Å². The molecule has 0 fully saturated rings. The number of benzene rings is 2. The van der Waals surface area contributed by atoms with Gasteiger partial charge >= 0.3 is 0 Å². The molecule has 2 aromatic rings. The number of aromatic hydroxyl groups is 1. The van der Waals surface area contributed by atoms with Gasteiger partial charge in [-0.15, -0.1) is 0 Å². The van der Waals surface area contributed by atoms with E-state index in [0.717, 1.165) is 11.1 Å². The Labute approximate surface area is 111 Å². The summed E-state index contributed by atoms with van der Waals surface area (Å²) in [6, 6.07) is 10.6. The third-order valence-electron chi connectivity index (χ3n) is 2.66. The van der Waals surface area contributed by atoms with Crippen LogP contribution < -0.4 is 9.47 Å². The molecule has 0 bridgehead atoms. The van der Waals surface area contributed by atoms with Crippen molar-refractivity contribution in [2.45, 2.75) is 0 Å². The number of hydrogen-bond donors (Lipinski definition) is 1. The molecule has 0 heterocycles. The van der Waals surface area contributed by atoms with Crippen LogP contribution in [0.4, 0.5) is 0 Å². The first-order chi connectivity index (χ1) is 8.67. The van der Waals surface area contributed by atoms with Crippen molar-refractivity contribution in [3.05, 3.63) is 41.4 Å². The Morgan fingerprint density at radius 3 is 2.44 bits per heavy atom. The molecule has 0 aliphatic heterocycles. The summed E-state index contributed by atoms with van der Waals surface area (Å²) in [4.78, 5) is 0. The first-order valence-corrected chi connectivity index (χ1v) is 5.75. The van der Waals surface area contributed by atoms with Gasteiger partial charge in [-0.3, -0.25) is 0 Å². The predicted octanol–water partition coefficient (Wildman–Crippen LogP) is 3.73. The van der Waals surface area contributed by atoms with Gasteiger partial charge in [0.05, 0.1) is 19.2 Å². The van der Waals surface area contributed by atoms with Gasteiger partial charge in [-0.2, -0.15) is 0 Å². The molecule has 0 aliphatic rings. The largest absolute Gasteiger partial charge is 0.506 e. The maximum absolute atomic E-state index is 9.43. The molecule has 0 radical (unpaired) electrons. The van der Waals surface area contributed by atoms with Crippen molar-refractivity contribution in [1.29, 1.82) is 0 Å². The fraction of sp³-hybridized carbons (Fsp3) is 0.143. The maximum Gasteiger partial charge on any atom is 0.168 e. The first-order valence-electron chi connectivity index (χ1n) is 5.37. The van der Waals surface area contributed by atoms with Crippen LogP contribution in [0.2, 0.25) is 5.02 Å². The average Bonchev–Trinajstić information content (AvgIpc) is 2.40. The average molecular weight is 265 g/mol. The van der Waals surface area contributed by atoms with Crippen molar-refractivity contribution < 1.29 is 14.6 Å². The first kappa shape index (κ1) is 12.6. The molecule has 1 N–H and O–H groups in total. The van der Waals surface area contributed by atoms with Crippen LogP contribution >= 0.6 is 11.6 Å². The molecule has 2 rings (SSSR count). The molecule has 18 heavy (non-hydrogen) atoms. The highest BCUT2D eigenvalue weighted by atomic mass is 35.5. The van der Waals surface area contributed by atoms with Gasteiger partial charge in [-0.05, 0) is 23.8 Å². The van der Waals surface area contributed by atoms with E-state index in [1.54, 1.807) is 32.4 Å². The van der Waals surface area contributed by atoms with Gasteiger partial charge in [0, 0.05) is 5.56 Å². The molecule has 0 spiro atoms. The highest BCUT2D eigenvalue weighted by Gasteiger charge is 2.12. The van der Waals surface area contributed by atoms with E-state index in [1.807, 2.05) is 18.2 Å². The van der Waals surface area contributed by atoms with E-state index in [9.17, 15) is 5.11 Å². The Balaban J connectivity index is 2.59. The summed E-state index contributed by atoms with van der Waals surface area (Å²) in [5.74, 6) is 1.35. The Bertz CT molecular complexity index is 567. The van der Waals surface area contributed by atoms with Crippen LogP contribution in [-0.2, 0) is 0 Å². The standard InChI is InChI=1S/C14H13ClO3/c1-17-13-5-3-4-10(14(13)18-2)9-6-7-12(16)11(15)8-9/h3-8,16H,1-2H3. The number of ether oxygens (including phenoxy) is 2. The zero-order valence-electron chi connectivity index (χ0n) is 10.1. The molecule has 2 aromatic carbocycles. The van der Waals surface area contributed by atoms with Gasteiger partial charge in [0.25, 0.3) is 0 Å². The molecule has 0 aliphatic carbocycles. The molecule has 0 saturated carbocycles. The highest BCUT2D eigenvalue weighted by Crippen LogP contribution is 2.39. The van der Waals surface area contributed by atoms with Crippen LogP contribution in [0.15, 0.2) is 36.4 Å². The Morgan fingerprint density at radius 2 is 1.83 bits per heavy atom. The second-order valence-electron chi connectivity index (χ2n) is 3.71. The SMILES string of the molecule is COc1cccc(-c2ccc(O)c(Cl)c2)c1OC. The van der Waals surface area contributed by atoms with Crippen LogP contribution in [-0.4, -0.2) is 19.3 Å². The number of rotatable bonds is 3. The van der Waals surface area contributed by atoms with Gasteiger partial charge in [-0.25, -0.2) is 0 Å². The number of phenolic OH excluding ortho intramolecular Hbond substituents is 1. The molecule has 4 heteroatoms. The lowest BCUT2D eigenvalue weighted by atomic mass is 10.0. The van der Waals surface area contributed by atoms with E-state index in [4.69, 9.17) is 21.1 Å². The summed E-state index contributed by atoms with van der Waals surface area (Å²) in [6.45, 7) is 0. The summed E-state index contributed by atoms with van der Waals surface area (Å²) in [7, 11) is 3.18. The third kappa shape index (κ3) is 2.22. The quantitative estimate of drug-likeness (QED) is 0.918. The van der Waals surface area contributed by atoms with Gasteiger partial charge in [0.2, 0.25) is 0 Å². The van der Waals surface area contributed by atoms with Gasteiger partial charge in [0.1, 0.15) is 5.75 Å². The van der Waals surface area contributed by atoms with Crippen molar-refractivity contribution in [2.75, 3.05) is 14.2 Å². The number of methoxy groups -OCH3 is 2. The minimum absolute atomic E-state index is 0.0577. The Kier molecular flexibility index (Phi) is 3.63. The van der Waals surface area contributed by atoms with E-state index in [0.29, 0.717) is 16.5 Å². The molecular formula is C14H13ClO3. The number of halogens is 1. The van der Waals surface area contributed by atoms with E-state index < -0.39 is 0 Å². The van der Waals surface area contributed by atoms with Crippen molar-refractivity contribution in [1.82, 2.24) is 0 Å². The molecule has 3 nitrogen and oxygen atoms in total. The molecule has 0 unspecified atom stereocenters. The zero-order chi connectivity index (χ0) is 13.1. The Hall–Kier alpha value is -1.87. The number of phenols is 1. The lowest BCUT2D eigenvalue weighted by Crippen LogP contribution is -1.93. The highest BCUT2D eigenvalue weighted by molar-refractivity contribution is 6.32. The molecule has 94 valence electrons. The Morgan fingerprint density at radius 1 is 1.06 bits per heavy atom. The van der Waals surface area contributed by atoms with Gasteiger partial charge < -0.3 is 14.6 Å². The lowest BCUT2D eigenvalue weighted by molar-refractivity contribution is 0.356. The monoisotopic (exact) mass is 264 g/mol. The second-order valence-corrected chi connectivity index (χ2v) is 4.11. The van der Waals surface area contributed by atoms with E-state index in [1.165, 1.54) is 0 Å². The lowest BCUT2D eigenvalue weighted by Gasteiger charge is -2.13.